The number of carbonyl (C=O) groups is 2. The van der Waals surface area contributed by atoms with E-state index in [1.807, 2.05) is 12.1 Å². The van der Waals surface area contributed by atoms with Gasteiger partial charge in [-0.1, -0.05) is 19.9 Å². The van der Waals surface area contributed by atoms with Crippen molar-refractivity contribution in [1.82, 2.24) is 5.32 Å². The minimum absolute atomic E-state index is 0.000490. The summed E-state index contributed by atoms with van der Waals surface area (Å²) >= 11 is 0. The van der Waals surface area contributed by atoms with Crippen molar-refractivity contribution in [3.63, 3.8) is 0 Å². The van der Waals surface area contributed by atoms with Crippen LogP contribution >= 0.6 is 0 Å². The van der Waals surface area contributed by atoms with Crippen molar-refractivity contribution in [2.45, 2.75) is 46.0 Å². The summed E-state index contributed by atoms with van der Waals surface area (Å²) in [6.07, 6.45) is 5.40. The van der Waals surface area contributed by atoms with E-state index in [-0.39, 0.29) is 11.8 Å². The van der Waals surface area contributed by atoms with Crippen LogP contribution in [0, 0.1) is 17.8 Å². The maximum absolute atomic E-state index is 12.3. The van der Waals surface area contributed by atoms with E-state index in [9.17, 15) is 9.59 Å². The second-order valence-corrected chi connectivity index (χ2v) is 7.33. The number of amides is 2. The van der Waals surface area contributed by atoms with Crippen molar-refractivity contribution in [2.24, 2.45) is 17.8 Å². The molecule has 2 aliphatic rings. The van der Waals surface area contributed by atoms with E-state index in [1.165, 1.54) is 25.7 Å². The standard InChI is InChI=1S/C19H26N2O2/c1-12(2)14-5-3-13(4-6-14)11-20-19(23)16-8-7-15-10-18(22)21-17(15)9-16/h7-9,12-14H,3-6,10-11H2,1-2H3,(H,20,23)(H,21,22). The van der Waals surface area contributed by atoms with E-state index in [1.54, 1.807) is 6.07 Å². The molecule has 0 atom stereocenters. The van der Waals surface area contributed by atoms with Crippen LogP contribution in [0.2, 0.25) is 0 Å². The van der Waals surface area contributed by atoms with Crippen molar-refractivity contribution in [3.8, 4) is 0 Å². The van der Waals surface area contributed by atoms with Crippen molar-refractivity contribution < 1.29 is 9.59 Å². The number of nitrogens with one attached hydrogen (secondary N) is 2. The third-order valence-electron chi connectivity index (χ3n) is 5.38. The summed E-state index contributed by atoms with van der Waals surface area (Å²) in [7, 11) is 0. The predicted molar refractivity (Wildman–Crippen MR) is 91.4 cm³/mol. The number of hydrogen-bond donors (Lipinski definition) is 2. The molecule has 1 aliphatic heterocycles. The highest BCUT2D eigenvalue weighted by Gasteiger charge is 2.24. The SMILES string of the molecule is CC(C)C1CCC(CNC(=O)c2ccc3c(c2)NC(=O)C3)CC1. The summed E-state index contributed by atoms with van der Waals surface area (Å²) in [5.74, 6) is 2.18. The van der Waals surface area contributed by atoms with E-state index >= 15 is 0 Å². The Bertz CT molecular complexity index is 601. The van der Waals surface area contributed by atoms with Gasteiger partial charge >= 0.3 is 0 Å². The first-order valence-corrected chi connectivity index (χ1v) is 8.74. The Morgan fingerprint density at radius 2 is 2.00 bits per heavy atom. The van der Waals surface area contributed by atoms with Gasteiger partial charge in [0.1, 0.15) is 0 Å². The van der Waals surface area contributed by atoms with E-state index in [0.29, 0.717) is 17.9 Å². The molecule has 2 amide bonds. The topological polar surface area (TPSA) is 58.2 Å². The molecule has 1 saturated carbocycles. The fourth-order valence-electron chi connectivity index (χ4n) is 3.75. The maximum Gasteiger partial charge on any atom is 0.251 e. The average molecular weight is 314 g/mol. The van der Waals surface area contributed by atoms with Crippen LogP contribution in [0.1, 0.15) is 55.5 Å². The van der Waals surface area contributed by atoms with Crippen LogP contribution in [0.25, 0.3) is 0 Å². The van der Waals surface area contributed by atoms with Gasteiger partial charge in [-0.05, 0) is 61.1 Å². The minimum Gasteiger partial charge on any atom is -0.352 e. The van der Waals surface area contributed by atoms with Crippen molar-refractivity contribution in [3.05, 3.63) is 29.3 Å². The van der Waals surface area contributed by atoms with E-state index in [0.717, 1.165) is 29.6 Å². The van der Waals surface area contributed by atoms with E-state index in [2.05, 4.69) is 24.5 Å². The van der Waals surface area contributed by atoms with Gasteiger partial charge < -0.3 is 10.6 Å². The van der Waals surface area contributed by atoms with Gasteiger partial charge in [-0.15, -0.1) is 0 Å². The Labute approximate surface area is 138 Å². The zero-order valence-electron chi connectivity index (χ0n) is 14.0. The Morgan fingerprint density at radius 1 is 1.26 bits per heavy atom. The highest BCUT2D eigenvalue weighted by Crippen LogP contribution is 2.33. The lowest BCUT2D eigenvalue weighted by Gasteiger charge is -2.30. The molecule has 3 rings (SSSR count). The van der Waals surface area contributed by atoms with Gasteiger partial charge in [0, 0.05) is 17.8 Å². The Kier molecular flexibility index (Phi) is 4.69. The molecule has 1 aromatic rings. The van der Waals surface area contributed by atoms with Crippen LogP contribution < -0.4 is 10.6 Å². The largest absolute Gasteiger partial charge is 0.352 e. The second-order valence-electron chi connectivity index (χ2n) is 7.33. The summed E-state index contributed by atoms with van der Waals surface area (Å²) < 4.78 is 0. The van der Waals surface area contributed by atoms with Crippen molar-refractivity contribution in [2.75, 3.05) is 11.9 Å². The summed E-state index contributed by atoms with van der Waals surface area (Å²) in [4.78, 5) is 23.7. The summed E-state index contributed by atoms with van der Waals surface area (Å²) in [5, 5.41) is 5.86. The Morgan fingerprint density at radius 3 is 2.70 bits per heavy atom. The first-order valence-electron chi connectivity index (χ1n) is 8.74. The van der Waals surface area contributed by atoms with Gasteiger partial charge in [-0.2, -0.15) is 0 Å². The van der Waals surface area contributed by atoms with Gasteiger partial charge in [0.15, 0.2) is 0 Å². The molecule has 0 spiro atoms. The second kappa shape index (κ2) is 6.73. The van der Waals surface area contributed by atoms with Gasteiger partial charge in [-0.3, -0.25) is 9.59 Å². The summed E-state index contributed by atoms with van der Waals surface area (Å²) in [6, 6.07) is 5.46. The van der Waals surface area contributed by atoms with Gasteiger partial charge in [0.05, 0.1) is 6.42 Å². The molecular weight excluding hydrogens is 288 g/mol. The van der Waals surface area contributed by atoms with Crippen LogP contribution in [-0.4, -0.2) is 18.4 Å². The summed E-state index contributed by atoms with van der Waals surface area (Å²) in [5.41, 5.74) is 2.38. The molecule has 2 N–H and O–H groups in total. The molecule has 1 aromatic carbocycles. The molecular formula is C19H26N2O2. The number of carbonyl (C=O) groups excluding carboxylic acids is 2. The lowest BCUT2D eigenvalue weighted by atomic mass is 9.77. The van der Waals surface area contributed by atoms with E-state index < -0.39 is 0 Å². The molecule has 0 unspecified atom stereocenters. The Hall–Kier alpha value is -1.84. The monoisotopic (exact) mass is 314 g/mol. The smallest absolute Gasteiger partial charge is 0.251 e. The molecule has 1 heterocycles. The van der Waals surface area contributed by atoms with Crippen LogP contribution in [0.5, 0.6) is 0 Å². The van der Waals surface area contributed by atoms with Crippen LogP contribution in [0.3, 0.4) is 0 Å². The highest BCUT2D eigenvalue weighted by molar-refractivity contribution is 6.02. The molecule has 4 nitrogen and oxygen atoms in total. The predicted octanol–water partition coefficient (Wildman–Crippen LogP) is 3.37. The van der Waals surface area contributed by atoms with E-state index in [4.69, 9.17) is 0 Å². The lowest BCUT2D eigenvalue weighted by Crippen LogP contribution is -2.32. The number of hydrogen-bond acceptors (Lipinski definition) is 2. The number of anilines is 1. The fourth-order valence-corrected chi connectivity index (χ4v) is 3.75. The zero-order chi connectivity index (χ0) is 16.4. The van der Waals surface area contributed by atoms with Crippen LogP contribution in [0.4, 0.5) is 5.69 Å². The molecule has 1 aliphatic carbocycles. The zero-order valence-corrected chi connectivity index (χ0v) is 14.0. The lowest BCUT2D eigenvalue weighted by molar-refractivity contribution is -0.115. The third kappa shape index (κ3) is 3.74. The minimum atomic E-state index is -0.0417. The molecule has 124 valence electrons. The number of benzene rings is 1. The van der Waals surface area contributed by atoms with Gasteiger partial charge in [0.2, 0.25) is 5.91 Å². The molecule has 0 bridgehead atoms. The van der Waals surface area contributed by atoms with Crippen LogP contribution in [-0.2, 0) is 11.2 Å². The fraction of sp³-hybridized carbons (Fsp3) is 0.579. The normalized spacial score (nSPS) is 23.5. The Balaban J connectivity index is 1.51. The first kappa shape index (κ1) is 16.0. The molecule has 1 fully saturated rings. The average Bonchev–Trinajstić information content (AvgIpc) is 2.92. The number of fused-ring (bicyclic) bond motifs is 1. The highest BCUT2D eigenvalue weighted by atomic mass is 16.2. The van der Waals surface area contributed by atoms with Gasteiger partial charge in [0.25, 0.3) is 5.91 Å². The molecule has 0 saturated heterocycles. The third-order valence-corrected chi connectivity index (χ3v) is 5.38. The van der Waals surface area contributed by atoms with Crippen molar-refractivity contribution in [1.29, 1.82) is 0 Å². The first-order chi connectivity index (χ1) is 11.0. The van der Waals surface area contributed by atoms with Crippen molar-refractivity contribution >= 4 is 17.5 Å². The molecule has 23 heavy (non-hydrogen) atoms. The molecule has 0 aromatic heterocycles. The number of rotatable bonds is 4. The molecule has 4 heteroatoms. The summed E-state index contributed by atoms with van der Waals surface area (Å²) in [6.45, 7) is 5.37. The maximum atomic E-state index is 12.3. The van der Waals surface area contributed by atoms with Gasteiger partial charge in [-0.25, -0.2) is 0 Å². The molecule has 0 radical (unpaired) electrons. The van der Waals surface area contributed by atoms with Crippen LogP contribution in [0.15, 0.2) is 18.2 Å². The quantitative estimate of drug-likeness (QED) is 0.895.